The smallest absolute Gasteiger partial charge is 0.342 e. The highest BCUT2D eigenvalue weighted by molar-refractivity contribution is 7.92. The van der Waals surface area contributed by atoms with Crippen molar-refractivity contribution in [3.8, 4) is 0 Å². The lowest BCUT2D eigenvalue weighted by atomic mass is 10.0. The summed E-state index contributed by atoms with van der Waals surface area (Å²) in [5.41, 5.74) is 0.693. The standard InChI is InChI=1S/C24H21NO8S/c1-14-21(24(28)32-12-11-31-2)19-13-20(17-5-3-4-6-18(17)22(19)33-14)25-34(29,30)16-9-7-15(8-10-16)23(26)27/h3-10,13,25H,11-12H2,1-2H3,(H,26,27)/p-1. The first kappa shape index (κ1) is 23.3. The second-order valence-corrected chi connectivity index (χ2v) is 9.11. The minimum atomic E-state index is -4.09. The van der Waals surface area contributed by atoms with E-state index in [4.69, 9.17) is 13.9 Å². The van der Waals surface area contributed by atoms with Crippen molar-refractivity contribution in [1.29, 1.82) is 0 Å². The van der Waals surface area contributed by atoms with Gasteiger partial charge in [0.05, 0.1) is 23.2 Å². The topological polar surface area (TPSA) is 135 Å². The van der Waals surface area contributed by atoms with Crippen LogP contribution in [0.15, 0.2) is 63.9 Å². The third-order valence-electron chi connectivity index (χ3n) is 5.24. The SMILES string of the molecule is COCCOC(=O)c1c(C)oc2c1cc(NS(=O)(=O)c1ccc(C(=O)[O-])cc1)c1ccccc12. The lowest BCUT2D eigenvalue weighted by Gasteiger charge is -2.12. The summed E-state index contributed by atoms with van der Waals surface area (Å²) < 4.78 is 44.7. The first-order valence-corrected chi connectivity index (χ1v) is 11.7. The second-order valence-electron chi connectivity index (χ2n) is 7.43. The number of esters is 1. The van der Waals surface area contributed by atoms with Crippen LogP contribution in [-0.2, 0) is 19.5 Å². The molecular weight excluding hydrogens is 462 g/mol. The van der Waals surface area contributed by atoms with Gasteiger partial charge in [-0.3, -0.25) is 4.72 Å². The number of hydrogen-bond donors (Lipinski definition) is 1. The normalized spacial score (nSPS) is 11.6. The van der Waals surface area contributed by atoms with Crippen LogP contribution in [0.1, 0.15) is 26.5 Å². The van der Waals surface area contributed by atoms with E-state index in [0.717, 1.165) is 12.1 Å². The molecule has 0 aliphatic carbocycles. The minimum absolute atomic E-state index is 0.0520. The van der Waals surface area contributed by atoms with Gasteiger partial charge >= 0.3 is 5.97 Å². The fraction of sp³-hybridized carbons (Fsp3) is 0.167. The molecule has 34 heavy (non-hydrogen) atoms. The van der Waals surface area contributed by atoms with Crippen LogP contribution >= 0.6 is 0 Å². The number of carbonyl (C=O) groups is 2. The van der Waals surface area contributed by atoms with E-state index in [1.807, 2.05) is 0 Å². The number of methoxy groups -OCH3 is 1. The molecule has 4 aromatic rings. The van der Waals surface area contributed by atoms with E-state index in [-0.39, 0.29) is 34.9 Å². The van der Waals surface area contributed by atoms with E-state index >= 15 is 0 Å². The van der Waals surface area contributed by atoms with Crippen molar-refractivity contribution in [1.82, 2.24) is 0 Å². The molecule has 0 bridgehead atoms. The van der Waals surface area contributed by atoms with Gasteiger partial charge in [-0.1, -0.05) is 36.4 Å². The Kier molecular flexibility index (Phi) is 6.27. The average molecular weight is 482 g/mol. The van der Waals surface area contributed by atoms with Crippen LogP contribution < -0.4 is 9.83 Å². The van der Waals surface area contributed by atoms with E-state index in [1.165, 1.54) is 25.3 Å². The number of benzene rings is 3. The summed E-state index contributed by atoms with van der Waals surface area (Å²) in [4.78, 5) is 23.6. The van der Waals surface area contributed by atoms with Crippen molar-refractivity contribution in [2.24, 2.45) is 0 Å². The number of nitrogens with one attached hydrogen (secondary N) is 1. The van der Waals surface area contributed by atoms with Crippen LogP contribution in [0.25, 0.3) is 21.7 Å². The Hall–Kier alpha value is -3.89. The Balaban J connectivity index is 1.82. The van der Waals surface area contributed by atoms with Crippen LogP contribution in [0.2, 0.25) is 0 Å². The quantitative estimate of drug-likeness (QED) is 0.299. The Morgan fingerprint density at radius 2 is 1.68 bits per heavy atom. The fourth-order valence-corrected chi connectivity index (χ4v) is 4.71. The van der Waals surface area contributed by atoms with Crippen molar-refractivity contribution in [3.63, 3.8) is 0 Å². The molecule has 0 radical (unpaired) electrons. The summed E-state index contributed by atoms with van der Waals surface area (Å²) in [5, 5.41) is 12.5. The number of carbonyl (C=O) groups excluding carboxylic acids is 2. The zero-order chi connectivity index (χ0) is 24.5. The highest BCUT2D eigenvalue weighted by atomic mass is 32.2. The van der Waals surface area contributed by atoms with Crippen molar-refractivity contribution in [2.45, 2.75) is 11.8 Å². The van der Waals surface area contributed by atoms with Gasteiger partial charge in [-0.15, -0.1) is 0 Å². The van der Waals surface area contributed by atoms with E-state index in [2.05, 4.69) is 4.72 Å². The maximum Gasteiger partial charge on any atom is 0.342 e. The van der Waals surface area contributed by atoms with Gasteiger partial charge in [0.2, 0.25) is 0 Å². The number of aromatic carboxylic acids is 1. The Morgan fingerprint density at radius 1 is 1.00 bits per heavy atom. The number of furan rings is 1. The summed E-state index contributed by atoms with van der Waals surface area (Å²) in [6.07, 6.45) is 0. The zero-order valence-corrected chi connectivity index (χ0v) is 19.1. The predicted octanol–water partition coefficient (Wildman–Crippen LogP) is 2.86. The largest absolute Gasteiger partial charge is 0.545 e. The van der Waals surface area contributed by atoms with E-state index in [1.54, 1.807) is 31.2 Å². The highest BCUT2D eigenvalue weighted by Gasteiger charge is 2.24. The Bertz CT molecular complexity index is 1500. The molecule has 9 nitrogen and oxygen atoms in total. The molecule has 0 spiro atoms. The van der Waals surface area contributed by atoms with Crippen LogP contribution in [0.5, 0.6) is 0 Å². The summed E-state index contributed by atoms with van der Waals surface area (Å²) in [7, 11) is -2.60. The average Bonchev–Trinajstić information content (AvgIpc) is 3.15. The molecule has 176 valence electrons. The lowest BCUT2D eigenvalue weighted by Crippen LogP contribution is -2.22. The molecule has 0 saturated heterocycles. The lowest BCUT2D eigenvalue weighted by molar-refractivity contribution is -0.255. The van der Waals surface area contributed by atoms with Crippen molar-refractivity contribution < 1.29 is 37.0 Å². The maximum atomic E-state index is 13.1. The molecule has 0 amide bonds. The fourth-order valence-electron chi connectivity index (χ4n) is 3.64. The van der Waals surface area contributed by atoms with Gasteiger partial charge in [-0.05, 0) is 30.7 Å². The predicted molar refractivity (Wildman–Crippen MR) is 122 cm³/mol. The molecule has 4 rings (SSSR count). The number of fused-ring (bicyclic) bond motifs is 3. The summed E-state index contributed by atoms with van der Waals surface area (Å²) in [6.45, 7) is 1.91. The van der Waals surface area contributed by atoms with Gasteiger partial charge < -0.3 is 23.8 Å². The number of ether oxygens (including phenoxy) is 2. The number of hydrogen-bond acceptors (Lipinski definition) is 8. The van der Waals surface area contributed by atoms with Crippen molar-refractivity contribution >= 4 is 49.4 Å². The van der Waals surface area contributed by atoms with Crippen LogP contribution in [0, 0.1) is 6.92 Å². The molecule has 1 heterocycles. The molecular formula is C24H20NO8S-. The molecule has 3 aromatic carbocycles. The van der Waals surface area contributed by atoms with E-state index in [0.29, 0.717) is 27.5 Å². The summed E-state index contributed by atoms with van der Waals surface area (Å²) in [5.74, 6) is -1.69. The molecule has 1 aromatic heterocycles. The van der Waals surface area contributed by atoms with Gasteiger partial charge in [0.15, 0.2) is 0 Å². The molecule has 10 heteroatoms. The highest BCUT2D eigenvalue weighted by Crippen LogP contribution is 2.37. The molecule has 1 N–H and O–H groups in total. The van der Waals surface area contributed by atoms with Crippen LogP contribution in [0.4, 0.5) is 5.69 Å². The first-order valence-electron chi connectivity index (χ1n) is 10.2. The third kappa shape index (κ3) is 4.33. The van der Waals surface area contributed by atoms with Gasteiger partial charge in [-0.2, -0.15) is 0 Å². The van der Waals surface area contributed by atoms with Crippen LogP contribution in [0.3, 0.4) is 0 Å². The van der Waals surface area contributed by atoms with Gasteiger partial charge in [-0.25, -0.2) is 13.2 Å². The van der Waals surface area contributed by atoms with Crippen molar-refractivity contribution in [2.75, 3.05) is 25.0 Å². The van der Waals surface area contributed by atoms with E-state index in [9.17, 15) is 23.1 Å². The molecule has 0 atom stereocenters. The number of carboxylic acid groups (broad SMARTS) is 1. The van der Waals surface area contributed by atoms with Gasteiger partial charge in [0.1, 0.15) is 23.5 Å². The van der Waals surface area contributed by atoms with E-state index < -0.39 is 22.0 Å². The maximum absolute atomic E-state index is 13.1. The number of aryl methyl sites for hydroxylation is 1. The molecule has 0 aliphatic rings. The number of sulfonamides is 1. The summed E-state index contributed by atoms with van der Waals surface area (Å²) >= 11 is 0. The number of anilines is 1. The number of rotatable bonds is 8. The second kappa shape index (κ2) is 9.16. The molecule has 0 aliphatic heterocycles. The summed E-state index contributed by atoms with van der Waals surface area (Å²) in [6, 6.07) is 13.2. The molecule has 0 saturated carbocycles. The Labute approximate surface area is 194 Å². The Morgan fingerprint density at radius 3 is 2.32 bits per heavy atom. The monoisotopic (exact) mass is 482 g/mol. The molecule has 0 unspecified atom stereocenters. The first-order chi connectivity index (χ1) is 16.2. The zero-order valence-electron chi connectivity index (χ0n) is 18.3. The minimum Gasteiger partial charge on any atom is -0.545 e. The van der Waals surface area contributed by atoms with Crippen LogP contribution in [-0.4, -0.2) is 40.7 Å². The van der Waals surface area contributed by atoms with Crippen molar-refractivity contribution in [3.05, 3.63) is 71.5 Å². The molecule has 0 fully saturated rings. The number of carboxylic acids is 1. The van der Waals surface area contributed by atoms with Gasteiger partial charge in [0, 0.05) is 23.3 Å². The third-order valence-corrected chi connectivity index (χ3v) is 6.62. The van der Waals surface area contributed by atoms with Gasteiger partial charge in [0.25, 0.3) is 10.0 Å².